The van der Waals surface area contributed by atoms with E-state index in [2.05, 4.69) is 15.7 Å². The van der Waals surface area contributed by atoms with E-state index in [9.17, 15) is 19.7 Å². The Labute approximate surface area is 194 Å². The number of amides is 2. The molecule has 1 unspecified atom stereocenters. The third-order valence-corrected chi connectivity index (χ3v) is 5.55. The Morgan fingerprint density at radius 3 is 2.76 bits per heavy atom. The SMILES string of the molecule is COCc1nn2c(c1-c1cccc(OC)c1)NC(=O)C2CC(=O)Nc1cc([N+](=O)[O-])ccc1C. The monoisotopic (exact) mass is 465 g/mol. The van der Waals surface area contributed by atoms with Crippen LogP contribution in [0, 0.1) is 17.0 Å². The molecule has 2 N–H and O–H groups in total. The van der Waals surface area contributed by atoms with Gasteiger partial charge in [0, 0.05) is 19.2 Å². The van der Waals surface area contributed by atoms with Crippen molar-refractivity contribution in [3.63, 3.8) is 0 Å². The Morgan fingerprint density at radius 1 is 1.26 bits per heavy atom. The van der Waals surface area contributed by atoms with Crippen molar-refractivity contribution >= 4 is 29.0 Å². The molecule has 1 aromatic heterocycles. The fourth-order valence-electron chi connectivity index (χ4n) is 3.87. The zero-order chi connectivity index (χ0) is 24.4. The number of nitrogens with zero attached hydrogens (tertiary/aromatic N) is 3. The number of nitro groups is 1. The number of methoxy groups -OCH3 is 2. The number of nitrogens with one attached hydrogen (secondary N) is 2. The molecule has 0 bridgehead atoms. The Hall–Kier alpha value is -4.25. The number of non-ortho nitro benzene ring substituents is 1. The van der Waals surface area contributed by atoms with E-state index in [1.807, 2.05) is 24.3 Å². The highest BCUT2D eigenvalue weighted by molar-refractivity contribution is 6.04. The zero-order valence-corrected chi connectivity index (χ0v) is 18.8. The van der Waals surface area contributed by atoms with Crippen LogP contribution in [0.2, 0.25) is 0 Å². The van der Waals surface area contributed by atoms with Gasteiger partial charge < -0.3 is 20.1 Å². The Kier molecular flexibility index (Phi) is 6.28. The van der Waals surface area contributed by atoms with E-state index in [1.54, 1.807) is 27.2 Å². The van der Waals surface area contributed by atoms with Gasteiger partial charge in [0.15, 0.2) is 0 Å². The molecule has 0 fully saturated rings. The molecule has 3 aromatic rings. The highest BCUT2D eigenvalue weighted by atomic mass is 16.6. The standard InChI is InChI=1S/C23H23N5O6/c1-13-7-8-15(28(31)32)10-17(13)24-20(29)11-19-23(30)25-22-21(18(12-33-2)26-27(19)22)14-5-4-6-16(9-14)34-3/h4-10,19H,11-12H2,1-3H3,(H,24,29)(H,25,30). The van der Waals surface area contributed by atoms with Crippen LogP contribution in [0.25, 0.3) is 11.1 Å². The first-order chi connectivity index (χ1) is 16.3. The summed E-state index contributed by atoms with van der Waals surface area (Å²) in [5, 5.41) is 21.1. The lowest BCUT2D eigenvalue weighted by Crippen LogP contribution is -2.24. The number of benzene rings is 2. The molecule has 2 heterocycles. The Bertz CT molecular complexity index is 1280. The predicted molar refractivity (Wildman–Crippen MR) is 124 cm³/mol. The summed E-state index contributed by atoms with van der Waals surface area (Å²) in [7, 11) is 3.11. The van der Waals surface area contributed by atoms with Gasteiger partial charge >= 0.3 is 0 Å². The molecule has 34 heavy (non-hydrogen) atoms. The van der Waals surface area contributed by atoms with Gasteiger partial charge in [0.2, 0.25) is 5.91 Å². The molecule has 2 aromatic carbocycles. The normalized spacial score (nSPS) is 14.4. The van der Waals surface area contributed by atoms with E-state index < -0.39 is 16.9 Å². The number of carbonyl (C=O) groups excluding carboxylic acids is 2. The fraction of sp³-hybridized carbons (Fsp3) is 0.261. The van der Waals surface area contributed by atoms with Gasteiger partial charge in [0.25, 0.3) is 11.6 Å². The van der Waals surface area contributed by atoms with Crippen LogP contribution in [-0.2, 0) is 20.9 Å². The number of anilines is 2. The first kappa shape index (κ1) is 22.9. The van der Waals surface area contributed by atoms with Gasteiger partial charge in [-0.25, -0.2) is 4.68 Å². The Morgan fingerprint density at radius 2 is 2.06 bits per heavy atom. The highest BCUT2D eigenvalue weighted by Gasteiger charge is 2.37. The Balaban J connectivity index is 1.63. The molecule has 176 valence electrons. The third kappa shape index (κ3) is 4.33. The lowest BCUT2D eigenvalue weighted by Gasteiger charge is -2.11. The predicted octanol–water partition coefficient (Wildman–Crippen LogP) is 3.44. The van der Waals surface area contributed by atoms with E-state index in [-0.39, 0.29) is 24.6 Å². The molecule has 11 nitrogen and oxygen atoms in total. The van der Waals surface area contributed by atoms with E-state index >= 15 is 0 Å². The quantitative estimate of drug-likeness (QED) is 0.384. The van der Waals surface area contributed by atoms with Crippen molar-refractivity contribution in [3.05, 3.63) is 63.8 Å². The van der Waals surface area contributed by atoms with Crippen LogP contribution in [0.3, 0.4) is 0 Å². The molecule has 11 heteroatoms. The topological polar surface area (TPSA) is 138 Å². The number of hydrogen-bond donors (Lipinski definition) is 2. The third-order valence-electron chi connectivity index (χ3n) is 5.55. The van der Waals surface area contributed by atoms with Crippen molar-refractivity contribution in [1.29, 1.82) is 0 Å². The van der Waals surface area contributed by atoms with Crippen molar-refractivity contribution < 1.29 is 24.0 Å². The van der Waals surface area contributed by atoms with Crippen LogP contribution >= 0.6 is 0 Å². The van der Waals surface area contributed by atoms with Gasteiger partial charge in [-0.05, 0) is 30.2 Å². The summed E-state index contributed by atoms with van der Waals surface area (Å²) < 4.78 is 12.1. The fourth-order valence-corrected chi connectivity index (χ4v) is 3.87. The second-order valence-electron chi connectivity index (χ2n) is 7.79. The lowest BCUT2D eigenvalue weighted by molar-refractivity contribution is -0.384. The largest absolute Gasteiger partial charge is 0.497 e. The summed E-state index contributed by atoms with van der Waals surface area (Å²) >= 11 is 0. The van der Waals surface area contributed by atoms with Crippen molar-refractivity contribution in [2.75, 3.05) is 24.9 Å². The van der Waals surface area contributed by atoms with Crippen LogP contribution in [0.5, 0.6) is 5.75 Å². The smallest absolute Gasteiger partial charge is 0.271 e. The van der Waals surface area contributed by atoms with Crippen molar-refractivity contribution in [1.82, 2.24) is 9.78 Å². The molecule has 1 aliphatic heterocycles. The van der Waals surface area contributed by atoms with Gasteiger partial charge in [-0.1, -0.05) is 18.2 Å². The average Bonchev–Trinajstić information content (AvgIpc) is 3.30. The minimum Gasteiger partial charge on any atom is -0.497 e. The molecule has 0 radical (unpaired) electrons. The summed E-state index contributed by atoms with van der Waals surface area (Å²) in [6, 6.07) is 10.7. The van der Waals surface area contributed by atoms with Crippen LogP contribution in [0.1, 0.15) is 23.7 Å². The second-order valence-corrected chi connectivity index (χ2v) is 7.79. The van der Waals surface area contributed by atoms with Crippen LogP contribution in [0.15, 0.2) is 42.5 Å². The van der Waals surface area contributed by atoms with E-state index in [4.69, 9.17) is 9.47 Å². The average molecular weight is 465 g/mol. The first-order valence-corrected chi connectivity index (χ1v) is 10.4. The molecule has 2 amide bonds. The number of fused-ring (bicyclic) bond motifs is 1. The molecular formula is C23H23N5O6. The van der Waals surface area contributed by atoms with Gasteiger partial charge in [0.05, 0.1) is 42.0 Å². The number of aryl methyl sites for hydroxylation is 1. The van der Waals surface area contributed by atoms with Crippen LogP contribution in [0.4, 0.5) is 17.2 Å². The molecule has 0 saturated carbocycles. The summed E-state index contributed by atoms with van der Waals surface area (Å²) in [5.41, 5.74) is 2.91. The maximum absolute atomic E-state index is 12.8. The summed E-state index contributed by atoms with van der Waals surface area (Å²) in [5.74, 6) is 0.271. The van der Waals surface area contributed by atoms with Crippen molar-refractivity contribution in [2.45, 2.75) is 26.0 Å². The number of ether oxygens (including phenoxy) is 2. The van der Waals surface area contributed by atoms with Crippen molar-refractivity contribution in [2.24, 2.45) is 0 Å². The minimum absolute atomic E-state index is 0.138. The number of rotatable bonds is 8. The molecule has 0 aliphatic carbocycles. The zero-order valence-electron chi connectivity index (χ0n) is 18.8. The van der Waals surface area contributed by atoms with Crippen LogP contribution < -0.4 is 15.4 Å². The number of aromatic nitrogens is 2. The minimum atomic E-state index is -0.885. The van der Waals surface area contributed by atoms with Gasteiger partial charge in [-0.2, -0.15) is 5.10 Å². The van der Waals surface area contributed by atoms with Gasteiger partial charge in [-0.3, -0.25) is 19.7 Å². The summed E-state index contributed by atoms with van der Waals surface area (Å²) in [6.07, 6.45) is -0.202. The summed E-state index contributed by atoms with van der Waals surface area (Å²) in [6.45, 7) is 1.93. The maximum Gasteiger partial charge on any atom is 0.271 e. The molecule has 1 aliphatic rings. The van der Waals surface area contributed by atoms with Gasteiger partial charge in [0.1, 0.15) is 17.6 Å². The van der Waals surface area contributed by atoms with E-state index in [0.29, 0.717) is 34.1 Å². The van der Waals surface area contributed by atoms with Crippen LogP contribution in [-0.4, -0.2) is 40.7 Å². The molecule has 0 spiro atoms. The van der Waals surface area contributed by atoms with Crippen molar-refractivity contribution in [3.8, 4) is 16.9 Å². The summed E-state index contributed by atoms with van der Waals surface area (Å²) in [4.78, 5) is 36.1. The van der Waals surface area contributed by atoms with Gasteiger partial charge in [-0.15, -0.1) is 0 Å². The molecule has 1 atom stereocenters. The molecule has 0 saturated heterocycles. The van der Waals surface area contributed by atoms with E-state index in [1.165, 1.54) is 16.8 Å². The number of hydrogen-bond acceptors (Lipinski definition) is 7. The van der Waals surface area contributed by atoms with E-state index in [0.717, 1.165) is 5.56 Å². The second kappa shape index (κ2) is 9.32. The maximum atomic E-state index is 12.8. The highest BCUT2D eigenvalue weighted by Crippen LogP contribution is 2.40. The number of carbonyl (C=O) groups is 2. The lowest BCUT2D eigenvalue weighted by atomic mass is 10.1. The first-order valence-electron chi connectivity index (χ1n) is 10.4. The molecule has 4 rings (SSSR count). The molecular weight excluding hydrogens is 442 g/mol. The number of nitro benzene ring substituents is 1.